The molecule has 0 saturated heterocycles. The van der Waals surface area contributed by atoms with Crippen LogP contribution in [-0.2, 0) is 9.53 Å². The van der Waals surface area contributed by atoms with Crippen molar-refractivity contribution in [2.45, 2.75) is 76.6 Å². The zero-order valence-corrected chi connectivity index (χ0v) is 13.8. The monoisotopic (exact) mass is 328 g/mol. The molecular weight excluding hydrogens is 301 g/mol. The van der Waals surface area contributed by atoms with Crippen molar-refractivity contribution in [3.05, 3.63) is 0 Å². The van der Waals surface area contributed by atoms with E-state index in [4.69, 9.17) is 4.74 Å². The van der Waals surface area contributed by atoms with E-state index in [0.717, 1.165) is 31.4 Å². The van der Waals surface area contributed by atoms with Gasteiger partial charge in [0, 0.05) is 18.1 Å². The SMILES string of the molecule is CCCCC(=O)OCC(CC)SCCCCCC(F)(F)F. The number of ether oxygens (including phenoxy) is 1. The Balaban J connectivity index is 3.59. The van der Waals surface area contributed by atoms with E-state index < -0.39 is 12.6 Å². The number of carbonyl (C=O) groups excluding carboxylic acids is 1. The Kier molecular flexibility index (Phi) is 12.0. The van der Waals surface area contributed by atoms with Gasteiger partial charge in [-0.05, 0) is 31.4 Å². The summed E-state index contributed by atoms with van der Waals surface area (Å²) < 4.78 is 41.1. The standard InChI is InChI=1S/C15H27F3O2S/c1-3-5-9-14(19)20-12-13(4-2)21-11-8-6-7-10-15(16,17)18/h13H,3-12H2,1-2H3. The summed E-state index contributed by atoms with van der Waals surface area (Å²) >= 11 is 1.69. The molecular formula is C15H27F3O2S. The molecule has 0 saturated carbocycles. The van der Waals surface area contributed by atoms with Gasteiger partial charge in [0.25, 0.3) is 0 Å². The third-order valence-corrected chi connectivity index (χ3v) is 4.54. The average Bonchev–Trinajstić information content (AvgIpc) is 2.42. The van der Waals surface area contributed by atoms with Crippen molar-refractivity contribution in [3.63, 3.8) is 0 Å². The summed E-state index contributed by atoms with van der Waals surface area (Å²) in [6.45, 7) is 4.46. The molecule has 1 unspecified atom stereocenters. The van der Waals surface area contributed by atoms with E-state index >= 15 is 0 Å². The first-order chi connectivity index (χ1) is 9.89. The first-order valence-electron chi connectivity index (χ1n) is 7.73. The van der Waals surface area contributed by atoms with Crippen molar-refractivity contribution < 1.29 is 22.7 Å². The first-order valence-corrected chi connectivity index (χ1v) is 8.77. The number of unbranched alkanes of at least 4 members (excludes halogenated alkanes) is 3. The Morgan fingerprint density at radius 2 is 1.86 bits per heavy atom. The zero-order chi connectivity index (χ0) is 16.1. The molecule has 2 nitrogen and oxygen atoms in total. The van der Waals surface area contributed by atoms with E-state index in [-0.39, 0.29) is 17.6 Å². The van der Waals surface area contributed by atoms with E-state index in [1.165, 1.54) is 0 Å². The molecule has 0 aromatic carbocycles. The third kappa shape index (κ3) is 14.3. The number of rotatable bonds is 12. The summed E-state index contributed by atoms with van der Waals surface area (Å²) in [5.41, 5.74) is 0. The summed E-state index contributed by atoms with van der Waals surface area (Å²) in [6, 6.07) is 0. The molecule has 21 heavy (non-hydrogen) atoms. The maximum absolute atomic E-state index is 12.0. The molecule has 0 aromatic rings. The highest BCUT2D eigenvalue weighted by atomic mass is 32.2. The lowest BCUT2D eigenvalue weighted by molar-refractivity contribution is -0.143. The molecule has 0 bridgehead atoms. The van der Waals surface area contributed by atoms with E-state index in [2.05, 4.69) is 0 Å². The Morgan fingerprint density at radius 1 is 1.14 bits per heavy atom. The molecule has 6 heteroatoms. The summed E-state index contributed by atoms with van der Waals surface area (Å²) in [4.78, 5) is 11.4. The van der Waals surface area contributed by atoms with Crippen LogP contribution in [0.3, 0.4) is 0 Å². The molecule has 0 spiro atoms. The predicted molar refractivity (Wildman–Crippen MR) is 81.5 cm³/mol. The molecule has 0 N–H and O–H groups in total. The maximum atomic E-state index is 12.0. The Labute approximate surface area is 130 Å². The molecule has 0 aliphatic heterocycles. The van der Waals surface area contributed by atoms with Gasteiger partial charge >= 0.3 is 12.1 Å². The van der Waals surface area contributed by atoms with Gasteiger partial charge in [0.2, 0.25) is 0 Å². The van der Waals surface area contributed by atoms with Crippen LogP contribution in [0.25, 0.3) is 0 Å². The fourth-order valence-electron chi connectivity index (χ4n) is 1.72. The fraction of sp³-hybridized carbons (Fsp3) is 0.933. The van der Waals surface area contributed by atoms with Crippen molar-refractivity contribution >= 4 is 17.7 Å². The van der Waals surface area contributed by atoms with E-state index in [9.17, 15) is 18.0 Å². The van der Waals surface area contributed by atoms with Gasteiger partial charge in [-0.1, -0.05) is 26.7 Å². The first kappa shape index (κ1) is 20.6. The number of carbonyl (C=O) groups is 1. The Hall–Kier alpha value is -0.390. The Morgan fingerprint density at radius 3 is 2.43 bits per heavy atom. The number of hydrogen-bond donors (Lipinski definition) is 0. The quantitative estimate of drug-likeness (QED) is 0.356. The molecule has 0 amide bonds. The van der Waals surface area contributed by atoms with Crippen molar-refractivity contribution in [2.24, 2.45) is 0 Å². The molecule has 126 valence electrons. The lowest BCUT2D eigenvalue weighted by Crippen LogP contribution is -2.16. The van der Waals surface area contributed by atoms with Crippen LogP contribution < -0.4 is 0 Å². The van der Waals surface area contributed by atoms with Crippen molar-refractivity contribution in [1.29, 1.82) is 0 Å². The number of alkyl halides is 3. The van der Waals surface area contributed by atoms with Crippen LogP contribution in [0.2, 0.25) is 0 Å². The fourth-order valence-corrected chi connectivity index (χ4v) is 2.82. The second kappa shape index (κ2) is 12.2. The van der Waals surface area contributed by atoms with Crippen LogP contribution in [-0.4, -0.2) is 29.8 Å². The van der Waals surface area contributed by atoms with Gasteiger partial charge in [0.1, 0.15) is 6.61 Å². The van der Waals surface area contributed by atoms with E-state index in [1.807, 2.05) is 13.8 Å². The smallest absolute Gasteiger partial charge is 0.389 e. The summed E-state index contributed by atoms with van der Waals surface area (Å²) in [5, 5.41) is 0.248. The predicted octanol–water partition coefficient (Wildman–Crippen LogP) is 5.35. The second-order valence-electron chi connectivity index (χ2n) is 5.11. The van der Waals surface area contributed by atoms with Gasteiger partial charge in [-0.15, -0.1) is 0 Å². The van der Waals surface area contributed by atoms with Gasteiger partial charge in [-0.25, -0.2) is 0 Å². The minimum atomic E-state index is -4.04. The van der Waals surface area contributed by atoms with Gasteiger partial charge in [0.05, 0.1) is 0 Å². The minimum absolute atomic E-state index is 0.152. The number of hydrogen-bond acceptors (Lipinski definition) is 3. The Bertz CT molecular complexity index is 270. The maximum Gasteiger partial charge on any atom is 0.389 e. The van der Waals surface area contributed by atoms with Crippen LogP contribution in [0.5, 0.6) is 0 Å². The topological polar surface area (TPSA) is 26.3 Å². The third-order valence-electron chi connectivity index (χ3n) is 3.08. The number of halogens is 3. The highest BCUT2D eigenvalue weighted by molar-refractivity contribution is 7.99. The molecule has 0 aliphatic carbocycles. The summed E-state index contributed by atoms with van der Waals surface area (Å²) in [5.74, 6) is 0.671. The highest BCUT2D eigenvalue weighted by Gasteiger charge is 2.25. The molecule has 0 heterocycles. The molecule has 1 atom stereocenters. The molecule has 0 aromatic heterocycles. The lowest BCUT2D eigenvalue weighted by atomic mass is 10.2. The molecule has 0 rings (SSSR count). The van der Waals surface area contributed by atoms with Crippen molar-refractivity contribution in [1.82, 2.24) is 0 Å². The zero-order valence-electron chi connectivity index (χ0n) is 13.0. The van der Waals surface area contributed by atoms with Crippen molar-refractivity contribution in [2.75, 3.05) is 12.4 Å². The highest BCUT2D eigenvalue weighted by Crippen LogP contribution is 2.23. The minimum Gasteiger partial charge on any atom is -0.464 e. The van der Waals surface area contributed by atoms with E-state index in [0.29, 0.717) is 19.4 Å². The van der Waals surface area contributed by atoms with Crippen LogP contribution in [0.4, 0.5) is 13.2 Å². The van der Waals surface area contributed by atoms with Gasteiger partial charge in [0.15, 0.2) is 0 Å². The molecule has 0 radical (unpaired) electrons. The lowest BCUT2D eigenvalue weighted by Gasteiger charge is -2.15. The summed E-state index contributed by atoms with van der Waals surface area (Å²) in [6.07, 6.45) is 0.0348. The van der Waals surface area contributed by atoms with Gasteiger partial charge in [-0.2, -0.15) is 24.9 Å². The normalized spacial score (nSPS) is 13.2. The average molecular weight is 328 g/mol. The largest absolute Gasteiger partial charge is 0.464 e. The van der Waals surface area contributed by atoms with Crippen LogP contribution in [0.1, 0.15) is 65.2 Å². The second-order valence-corrected chi connectivity index (χ2v) is 6.52. The summed E-state index contributed by atoms with van der Waals surface area (Å²) in [7, 11) is 0. The molecule has 0 aliphatic rings. The van der Waals surface area contributed by atoms with Gasteiger partial charge in [-0.3, -0.25) is 4.79 Å². The number of esters is 1. The van der Waals surface area contributed by atoms with E-state index in [1.54, 1.807) is 11.8 Å². The number of thioether (sulfide) groups is 1. The molecule has 0 fully saturated rings. The van der Waals surface area contributed by atoms with Crippen LogP contribution in [0, 0.1) is 0 Å². The van der Waals surface area contributed by atoms with Gasteiger partial charge < -0.3 is 4.74 Å². The van der Waals surface area contributed by atoms with Crippen LogP contribution in [0.15, 0.2) is 0 Å². The van der Waals surface area contributed by atoms with Crippen molar-refractivity contribution in [3.8, 4) is 0 Å². The van der Waals surface area contributed by atoms with Crippen LogP contribution >= 0.6 is 11.8 Å².